The second kappa shape index (κ2) is 12.0. The van der Waals surface area contributed by atoms with Crippen molar-refractivity contribution in [2.45, 2.75) is 78.2 Å². The Morgan fingerprint density at radius 1 is 1.00 bits per heavy atom. The highest BCUT2D eigenvalue weighted by atomic mass is 16.5. The summed E-state index contributed by atoms with van der Waals surface area (Å²) in [7, 11) is 0. The molecule has 0 bridgehead atoms. The fourth-order valence-electron chi connectivity index (χ4n) is 5.14. The smallest absolute Gasteiger partial charge is 0.223 e. The number of rotatable bonds is 11. The third-order valence-corrected chi connectivity index (χ3v) is 7.06. The van der Waals surface area contributed by atoms with E-state index in [9.17, 15) is 4.79 Å². The Morgan fingerprint density at radius 3 is 2.56 bits per heavy atom. The van der Waals surface area contributed by atoms with Crippen molar-refractivity contribution >= 4 is 16.9 Å². The van der Waals surface area contributed by atoms with Crippen molar-refractivity contribution in [3.05, 3.63) is 59.4 Å². The van der Waals surface area contributed by atoms with Gasteiger partial charge in [0, 0.05) is 18.9 Å². The number of para-hydroxylation sites is 3. The van der Waals surface area contributed by atoms with E-state index in [1.807, 2.05) is 6.07 Å². The zero-order valence-electron chi connectivity index (χ0n) is 20.8. The third kappa shape index (κ3) is 6.19. The van der Waals surface area contributed by atoms with Gasteiger partial charge in [0.25, 0.3) is 0 Å². The molecule has 1 N–H and O–H groups in total. The van der Waals surface area contributed by atoms with Gasteiger partial charge in [-0.25, -0.2) is 4.98 Å². The third-order valence-electron chi connectivity index (χ3n) is 7.06. The van der Waals surface area contributed by atoms with E-state index < -0.39 is 0 Å². The Labute approximate surface area is 203 Å². The van der Waals surface area contributed by atoms with Crippen molar-refractivity contribution in [1.82, 2.24) is 14.9 Å². The standard InChI is InChI=1S/C29H39N3O2/c1-22-12-11-13-23(2)28(22)34-21-20-32-26-17-9-8-16-25(26)31-27(32)18-7-4-10-19-30-29(33)24-14-5-3-6-15-24/h8-9,11-13,16-17,24H,3-7,10,14-15,18-21H2,1-2H3,(H,30,33). The number of hydrogen-bond acceptors (Lipinski definition) is 3. The molecule has 1 aromatic heterocycles. The van der Waals surface area contributed by atoms with Gasteiger partial charge >= 0.3 is 0 Å². The summed E-state index contributed by atoms with van der Waals surface area (Å²) < 4.78 is 8.50. The van der Waals surface area contributed by atoms with Crippen molar-refractivity contribution < 1.29 is 9.53 Å². The van der Waals surface area contributed by atoms with Gasteiger partial charge in [0.2, 0.25) is 5.91 Å². The number of aromatic nitrogens is 2. The molecule has 0 spiro atoms. The molecule has 5 nitrogen and oxygen atoms in total. The van der Waals surface area contributed by atoms with Crippen molar-refractivity contribution in [2.75, 3.05) is 13.2 Å². The summed E-state index contributed by atoms with van der Waals surface area (Å²) in [6.45, 7) is 6.37. The van der Waals surface area contributed by atoms with E-state index >= 15 is 0 Å². The molecule has 4 rings (SSSR count). The molecule has 0 saturated heterocycles. The fraction of sp³-hybridized carbons (Fsp3) is 0.517. The van der Waals surface area contributed by atoms with E-state index in [-0.39, 0.29) is 11.8 Å². The lowest BCUT2D eigenvalue weighted by molar-refractivity contribution is -0.125. The maximum atomic E-state index is 12.3. The van der Waals surface area contributed by atoms with Gasteiger partial charge in [-0.1, -0.05) is 56.0 Å². The topological polar surface area (TPSA) is 56.1 Å². The summed E-state index contributed by atoms with van der Waals surface area (Å²) in [5.41, 5.74) is 4.56. The van der Waals surface area contributed by atoms with Crippen molar-refractivity contribution in [3.8, 4) is 5.75 Å². The number of nitrogens with zero attached hydrogens (tertiary/aromatic N) is 2. The van der Waals surface area contributed by atoms with E-state index in [0.717, 1.165) is 68.7 Å². The Bertz CT molecular complexity index is 1060. The number of ether oxygens (including phenoxy) is 1. The van der Waals surface area contributed by atoms with Crippen LogP contribution < -0.4 is 10.1 Å². The van der Waals surface area contributed by atoms with E-state index in [2.05, 4.69) is 60.1 Å². The van der Waals surface area contributed by atoms with Gasteiger partial charge in [-0.05, 0) is 62.8 Å². The number of aryl methyl sites for hydroxylation is 3. The normalized spacial score (nSPS) is 14.4. The summed E-state index contributed by atoms with van der Waals surface area (Å²) in [5.74, 6) is 2.63. The highest BCUT2D eigenvalue weighted by molar-refractivity contribution is 5.78. The molecule has 1 heterocycles. The molecule has 1 amide bonds. The molecule has 0 radical (unpaired) electrons. The van der Waals surface area contributed by atoms with Gasteiger partial charge in [-0.15, -0.1) is 0 Å². The number of fused-ring (bicyclic) bond motifs is 1. The molecule has 0 unspecified atom stereocenters. The van der Waals surface area contributed by atoms with Gasteiger partial charge < -0.3 is 14.6 Å². The number of amides is 1. The maximum Gasteiger partial charge on any atom is 0.223 e. The Balaban J connectivity index is 1.27. The van der Waals surface area contributed by atoms with E-state index in [1.165, 1.54) is 35.9 Å². The lowest BCUT2D eigenvalue weighted by Crippen LogP contribution is -2.32. The first-order chi connectivity index (χ1) is 16.6. The molecule has 5 heteroatoms. The number of carbonyl (C=O) groups excluding carboxylic acids is 1. The Kier molecular flexibility index (Phi) is 8.62. The van der Waals surface area contributed by atoms with Crippen LogP contribution in [0.5, 0.6) is 5.75 Å². The highest BCUT2D eigenvalue weighted by Gasteiger charge is 2.20. The summed E-state index contributed by atoms with van der Waals surface area (Å²) in [5, 5.41) is 3.16. The van der Waals surface area contributed by atoms with Gasteiger partial charge in [0.05, 0.1) is 17.6 Å². The Hall–Kier alpha value is -2.82. The second-order valence-corrected chi connectivity index (χ2v) is 9.67. The van der Waals surface area contributed by atoms with Crippen LogP contribution in [0.1, 0.15) is 68.3 Å². The van der Waals surface area contributed by atoms with Crippen LogP contribution in [0.15, 0.2) is 42.5 Å². The first-order valence-corrected chi connectivity index (χ1v) is 13.0. The quantitative estimate of drug-likeness (QED) is 0.349. The minimum atomic E-state index is 0.249. The predicted molar refractivity (Wildman–Crippen MR) is 138 cm³/mol. The molecule has 1 fully saturated rings. The zero-order chi connectivity index (χ0) is 23.8. The zero-order valence-corrected chi connectivity index (χ0v) is 20.8. The van der Waals surface area contributed by atoms with Gasteiger partial charge in [0.15, 0.2) is 0 Å². The summed E-state index contributed by atoms with van der Waals surface area (Å²) >= 11 is 0. The number of carbonyl (C=O) groups is 1. The molecular weight excluding hydrogens is 422 g/mol. The lowest BCUT2D eigenvalue weighted by atomic mass is 9.89. The van der Waals surface area contributed by atoms with E-state index in [0.29, 0.717) is 6.61 Å². The minimum Gasteiger partial charge on any atom is -0.491 e. The van der Waals surface area contributed by atoms with Crippen molar-refractivity contribution in [3.63, 3.8) is 0 Å². The van der Waals surface area contributed by atoms with Gasteiger partial charge in [0.1, 0.15) is 18.2 Å². The molecule has 2 aromatic carbocycles. The number of hydrogen-bond donors (Lipinski definition) is 1. The summed E-state index contributed by atoms with van der Waals surface area (Å²) in [6, 6.07) is 14.6. The Morgan fingerprint density at radius 2 is 1.76 bits per heavy atom. The van der Waals surface area contributed by atoms with Gasteiger partial charge in [-0.2, -0.15) is 0 Å². The first kappa shape index (κ1) is 24.3. The molecule has 1 aliphatic carbocycles. The summed E-state index contributed by atoms with van der Waals surface area (Å²) in [6.07, 6.45) is 9.94. The van der Waals surface area contributed by atoms with Crippen LogP contribution in [-0.2, 0) is 17.8 Å². The van der Waals surface area contributed by atoms with Gasteiger partial charge in [-0.3, -0.25) is 4.79 Å². The lowest BCUT2D eigenvalue weighted by Gasteiger charge is -2.20. The minimum absolute atomic E-state index is 0.249. The fourth-order valence-corrected chi connectivity index (χ4v) is 5.14. The molecule has 3 aromatic rings. The van der Waals surface area contributed by atoms with Crippen LogP contribution >= 0.6 is 0 Å². The number of imidazole rings is 1. The van der Waals surface area contributed by atoms with Crippen molar-refractivity contribution in [2.24, 2.45) is 5.92 Å². The van der Waals surface area contributed by atoms with Crippen LogP contribution in [0.3, 0.4) is 0 Å². The average Bonchev–Trinajstić information content (AvgIpc) is 3.21. The molecular formula is C29H39N3O2. The largest absolute Gasteiger partial charge is 0.491 e. The number of unbranched alkanes of at least 4 members (excludes halogenated alkanes) is 2. The average molecular weight is 462 g/mol. The molecule has 1 aliphatic rings. The highest BCUT2D eigenvalue weighted by Crippen LogP contribution is 2.24. The van der Waals surface area contributed by atoms with E-state index in [1.54, 1.807) is 0 Å². The van der Waals surface area contributed by atoms with Crippen LogP contribution in [0.4, 0.5) is 0 Å². The summed E-state index contributed by atoms with van der Waals surface area (Å²) in [4.78, 5) is 17.2. The van der Waals surface area contributed by atoms with E-state index in [4.69, 9.17) is 9.72 Å². The molecule has 34 heavy (non-hydrogen) atoms. The first-order valence-electron chi connectivity index (χ1n) is 13.0. The number of benzene rings is 2. The number of nitrogens with one attached hydrogen (secondary N) is 1. The van der Waals surface area contributed by atoms with Crippen molar-refractivity contribution in [1.29, 1.82) is 0 Å². The molecule has 0 atom stereocenters. The second-order valence-electron chi connectivity index (χ2n) is 9.67. The molecule has 1 saturated carbocycles. The van der Waals surface area contributed by atoms with Crippen LogP contribution in [0.25, 0.3) is 11.0 Å². The van der Waals surface area contributed by atoms with Crippen LogP contribution in [0, 0.1) is 19.8 Å². The monoisotopic (exact) mass is 461 g/mol. The molecule has 182 valence electrons. The molecule has 0 aliphatic heterocycles. The maximum absolute atomic E-state index is 12.3. The SMILES string of the molecule is Cc1cccc(C)c1OCCn1c(CCCCCNC(=O)C2CCCCC2)nc2ccccc21. The predicted octanol–water partition coefficient (Wildman–Crippen LogP) is 6.14. The van der Waals surface area contributed by atoms with Crippen LogP contribution in [-0.4, -0.2) is 28.6 Å². The van der Waals surface area contributed by atoms with Crippen LogP contribution in [0.2, 0.25) is 0 Å².